The van der Waals surface area contributed by atoms with Crippen LogP contribution in [0.2, 0.25) is 0 Å². The van der Waals surface area contributed by atoms with Gasteiger partial charge in [0.2, 0.25) is 0 Å². The highest BCUT2D eigenvalue weighted by molar-refractivity contribution is 5.93. The van der Waals surface area contributed by atoms with Gasteiger partial charge in [-0.2, -0.15) is 0 Å². The van der Waals surface area contributed by atoms with E-state index in [0.717, 1.165) is 51.1 Å². The maximum Gasteiger partial charge on any atom is 0.276 e. The third-order valence-corrected chi connectivity index (χ3v) is 5.71. The van der Waals surface area contributed by atoms with Gasteiger partial charge in [0.15, 0.2) is 5.69 Å². The minimum absolute atomic E-state index is 0.0645. The van der Waals surface area contributed by atoms with Crippen molar-refractivity contribution in [2.45, 2.75) is 65.3 Å². The molecule has 1 amide bonds. The molecule has 2 fully saturated rings. The fourth-order valence-corrected chi connectivity index (χ4v) is 4.38. The van der Waals surface area contributed by atoms with Gasteiger partial charge in [-0.1, -0.05) is 25.5 Å². The minimum Gasteiger partial charge on any atom is -0.337 e. The van der Waals surface area contributed by atoms with Crippen molar-refractivity contribution in [2.24, 2.45) is 5.41 Å². The Labute approximate surface area is 145 Å². The van der Waals surface area contributed by atoms with Gasteiger partial charge in [-0.05, 0) is 57.5 Å². The average Bonchev–Trinajstić information content (AvgIpc) is 2.96. The molecule has 0 saturated carbocycles. The number of hydrogen-bond donors (Lipinski definition) is 1. The molecule has 0 bridgehead atoms. The summed E-state index contributed by atoms with van der Waals surface area (Å²) in [4.78, 5) is 15.0. The highest BCUT2D eigenvalue weighted by atomic mass is 16.2. The normalized spacial score (nSPS) is 25.9. The average molecular weight is 333 g/mol. The summed E-state index contributed by atoms with van der Waals surface area (Å²) >= 11 is 0. The first-order valence-electron chi connectivity index (χ1n) is 9.46. The summed E-state index contributed by atoms with van der Waals surface area (Å²) in [5.74, 6) is 0.0645. The van der Waals surface area contributed by atoms with Crippen LogP contribution in [0.25, 0.3) is 0 Å². The maximum atomic E-state index is 13.0. The van der Waals surface area contributed by atoms with Crippen molar-refractivity contribution in [1.82, 2.24) is 25.2 Å². The van der Waals surface area contributed by atoms with Gasteiger partial charge in [0, 0.05) is 13.1 Å². The zero-order chi connectivity index (χ0) is 17.2. The van der Waals surface area contributed by atoms with E-state index in [1.165, 1.54) is 19.3 Å². The molecule has 1 unspecified atom stereocenters. The predicted molar refractivity (Wildman–Crippen MR) is 94.1 cm³/mol. The molecule has 3 heterocycles. The summed E-state index contributed by atoms with van der Waals surface area (Å²) in [7, 11) is 0. The number of carbonyl (C=O) groups excluding carboxylic acids is 1. The Bertz CT molecular complexity index is 574. The third-order valence-electron chi connectivity index (χ3n) is 5.71. The molecule has 0 aliphatic carbocycles. The largest absolute Gasteiger partial charge is 0.337 e. The first-order valence-corrected chi connectivity index (χ1v) is 9.46. The van der Waals surface area contributed by atoms with Crippen LogP contribution in [-0.4, -0.2) is 52.0 Å². The van der Waals surface area contributed by atoms with E-state index in [1.54, 1.807) is 0 Å². The molecule has 134 valence electrons. The lowest BCUT2D eigenvalue weighted by Gasteiger charge is -2.40. The molecule has 0 spiro atoms. The van der Waals surface area contributed by atoms with Crippen LogP contribution in [0.3, 0.4) is 0 Å². The fraction of sp³-hybridized carbons (Fsp3) is 0.833. The lowest BCUT2D eigenvalue weighted by atomic mass is 9.78. The minimum atomic E-state index is 0.0645. The van der Waals surface area contributed by atoms with Crippen molar-refractivity contribution < 1.29 is 4.79 Å². The number of piperidine rings is 2. The van der Waals surface area contributed by atoms with Crippen molar-refractivity contribution in [1.29, 1.82) is 0 Å². The van der Waals surface area contributed by atoms with Crippen LogP contribution in [0, 0.1) is 12.3 Å². The van der Waals surface area contributed by atoms with Gasteiger partial charge in [0.05, 0.1) is 11.7 Å². The van der Waals surface area contributed by atoms with Gasteiger partial charge < -0.3 is 10.2 Å². The molecule has 2 aliphatic heterocycles. The molecule has 1 N–H and O–H groups in total. The monoisotopic (exact) mass is 333 g/mol. The Balaban J connectivity index is 1.74. The number of likely N-dealkylation sites (tertiary alicyclic amines) is 1. The summed E-state index contributed by atoms with van der Waals surface area (Å²) < 4.78 is 1.98. The molecule has 0 radical (unpaired) electrons. The topological polar surface area (TPSA) is 63.1 Å². The van der Waals surface area contributed by atoms with E-state index in [4.69, 9.17) is 0 Å². The second kappa shape index (κ2) is 7.21. The second-order valence-corrected chi connectivity index (χ2v) is 7.84. The molecule has 2 aliphatic rings. The Hall–Kier alpha value is -1.43. The van der Waals surface area contributed by atoms with E-state index >= 15 is 0 Å². The van der Waals surface area contributed by atoms with Crippen LogP contribution in [0.5, 0.6) is 0 Å². The molecule has 3 rings (SSSR count). The van der Waals surface area contributed by atoms with Crippen LogP contribution < -0.4 is 5.32 Å². The van der Waals surface area contributed by atoms with Crippen molar-refractivity contribution in [3.63, 3.8) is 0 Å². The van der Waals surface area contributed by atoms with Crippen molar-refractivity contribution >= 4 is 5.91 Å². The number of nitrogens with one attached hydrogen (secondary N) is 1. The van der Waals surface area contributed by atoms with E-state index in [1.807, 2.05) is 16.5 Å². The van der Waals surface area contributed by atoms with E-state index < -0.39 is 0 Å². The first-order chi connectivity index (χ1) is 11.5. The zero-order valence-electron chi connectivity index (χ0n) is 15.3. The number of nitrogens with zero attached hydrogens (tertiary/aromatic N) is 4. The second-order valence-electron chi connectivity index (χ2n) is 7.84. The molecular weight excluding hydrogens is 302 g/mol. The standard InChI is InChI=1S/C18H31N5O/c1-4-8-18(3)9-5-12-22(13-18)17(24)16-14(2)23(21-20-16)15-6-10-19-11-7-15/h15,19H,4-13H2,1-3H3. The Morgan fingerprint density at radius 3 is 2.83 bits per heavy atom. The molecule has 6 nitrogen and oxygen atoms in total. The highest BCUT2D eigenvalue weighted by Gasteiger charge is 2.34. The van der Waals surface area contributed by atoms with E-state index in [-0.39, 0.29) is 11.3 Å². The number of rotatable bonds is 4. The molecular formula is C18H31N5O. The summed E-state index contributed by atoms with van der Waals surface area (Å²) in [6.45, 7) is 10.2. The van der Waals surface area contributed by atoms with Gasteiger partial charge in [-0.25, -0.2) is 4.68 Å². The summed E-state index contributed by atoms with van der Waals surface area (Å²) in [5.41, 5.74) is 1.73. The maximum absolute atomic E-state index is 13.0. The fourth-order valence-electron chi connectivity index (χ4n) is 4.38. The Morgan fingerprint density at radius 2 is 2.12 bits per heavy atom. The lowest BCUT2D eigenvalue weighted by molar-refractivity contribution is 0.0524. The van der Waals surface area contributed by atoms with E-state index in [9.17, 15) is 4.79 Å². The quantitative estimate of drug-likeness (QED) is 0.920. The van der Waals surface area contributed by atoms with Crippen molar-refractivity contribution in [3.05, 3.63) is 11.4 Å². The molecule has 0 aromatic carbocycles. The molecule has 1 aromatic rings. The number of hydrogen-bond acceptors (Lipinski definition) is 4. The smallest absolute Gasteiger partial charge is 0.276 e. The molecule has 6 heteroatoms. The van der Waals surface area contributed by atoms with E-state index in [2.05, 4.69) is 29.5 Å². The lowest BCUT2D eigenvalue weighted by Crippen LogP contribution is -2.45. The van der Waals surface area contributed by atoms with E-state index in [0.29, 0.717) is 11.7 Å². The van der Waals surface area contributed by atoms with Gasteiger partial charge >= 0.3 is 0 Å². The third kappa shape index (κ3) is 3.48. The van der Waals surface area contributed by atoms with Gasteiger partial charge in [-0.15, -0.1) is 5.10 Å². The number of aromatic nitrogens is 3. The Morgan fingerprint density at radius 1 is 1.38 bits per heavy atom. The summed E-state index contributed by atoms with van der Waals surface area (Å²) in [6.07, 6.45) is 6.75. The van der Waals surface area contributed by atoms with Gasteiger partial charge in [-0.3, -0.25) is 4.79 Å². The van der Waals surface area contributed by atoms with Gasteiger partial charge in [0.1, 0.15) is 0 Å². The van der Waals surface area contributed by atoms with Crippen molar-refractivity contribution in [2.75, 3.05) is 26.2 Å². The van der Waals surface area contributed by atoms with Crippen LogP contribution in [0.4, 0.5) is 0 Å². The Kier molecular flexibility index (Phi) is 5.23. The van der Waals surface area contributed by atoms with Crippen LogP contribution >= 0.6 is 0 Å². The first kappa shape index (κ1) is 17.4. The number of amides is 1. The highest BCUT2D eigenvalue weighted by Crippen LogP contribution is 2.34. The van der Waals surface area contributed by atoms with Crippen LogP contribution in [-0.2, 0) is 0 Å². The van der Waals surface area contributed by atoms with Crippen molar-refractivity contribution in [3.8, 4) is 0 Å². The summed E-state index contributed by atoms with van der Waals surface area (Å²) in [6, 6.07) is 0.368. The molecule has 24 heavy (non-hydrogen) atoms. The molecule has 1 aromatic heterocycles. The van der Waals surface area contributed by atoms with Gasteiger partial charge in [0.25, 0.3) is 5.91 Å². The number of carbonyl (C=O) groups is 1. The molecule has 1 atom stereocenters. The summed E-state index contributed by atoms with van der Waals surface area (Å²) in [5, 5.41) is 11.9. The SMILES string of the molecule is CCCC1(C)CCCN(C(=O)c2nnn(C3CCNCC3)c2C)C1. The predicted octanol–water partition coefficient (Wildman–Crippen LogP) is 2.55. The molecule has 2 saturated heterocycles. The van der Waals surface area contributed by atoms with Crippen LogP contribution in [0.15, 0.2) is 0 Å². The van der Waals surface area contributed by atoms with Crippen LogP contribution in [0.1, 0.15) is 74.6 Å². The zero-order valence-corrected chi connectivity index (χ0v) is 15.3.